The van der Waals surface area contributed by atoms with Gasteiger partial charge in [0, 0.05) is 11.9 Å². The van der Waals surface area contributed by atoms with E-state index in [1.807, 2.05) is 43.3 Å². The zero-order valence-electron chi connectivity index (χ0n) is 16.0. The Balaban J connectivity index is 1.49. The maximum Gasteiger partial charge on any atom is 0.262 e. The van der Waals surface area contributed by atoms with Gasteiger partial charge in [-0.3, -0.25) is 9.79 Å². The Morgan fingerprint density at radius 2 is 1.55 bits per heavy atom. The van der Waals surface area contributed by atoms with Crippen LogP contribution in [0.25, 0.3) is 0 Å². The van der Waals surface area contributed by atoms with E-state index in [0.717, 1.165) is 17.0 Å². The summed E-state index contributed by atoms with van der Waals surface area (Å²) < 4.78 is 23.7. The zero-order valence-corrected chi connectivity index (χ0v) is 16.0. The number of anilines is 1. The van der Waals surface area contributed by atoms with Crippen LogP contribution in [-0.4, -0.2) is 25.3 Å². The Kier molecular flexibility index (Phi) is 6.95. The van der Waals surface area contributed by atoms with Crippen molar-refractivity contribution in [2.45, 2.75) is 6.92 Å². The summed E-state index contributed by atoms with van der Waals surface area (Å²) in [6.07, 6.45) is 1.75. The van der Waals surface area contributed by atoms with Gasteiger partial charge in [0.15, 0.2) is 6.61 Å². The lowest BCUT2D eigenvalue weighted by Crippen LogP contribution is -2.20. The van der Waals surface area contributed by atoms with Crippen LogP contribution in [0.1, 0.15) is 12.5 Å². The molecule has 0 heterocycles. The Hall–Kier alpha value is -3.67. The molecule has 0 aromatic heterocycles. The minimum Gasteiger partial charge on any atom is -0.494 e. The molecule has 0 bridgehead atoms. The lowest BCUT2D eigenvalue weighted by molar-refractivity contribution is -0.118. The van der Waals surface area contributed by atoms with Gasteiger partial charge in [-0.2, -0.15) is 0 Å². The van der Waals surface area contributed by atoms with Gasteiger partial charge in [0.1, 0.15) is 17.3 Å². The number of carbonyl (C=O) groups is 1. The third-order valence-electron chi connectivity index (χ3n) is 3.89. The molecule has 0 aliphatic carbocycles. The van der Waals surface area contributed by atoms with Crippen LogP contribution in [0.4, 0.5) is 15.8 Å². The maximum atomic E-state index is 12.9. The summed E-state index contributed by atoms with van der Waals surface area (Å²) in [4.78, 5) is 16.3. The molecule has 29 heavy (non-hydrogen) atoms. The van der Waals surface area contributed by atoms with Gasteiger partial charge < -0.3 is 14.8 Å². The smallest absolute Gasteiger partial charge is 0.262 e. The monoisotopic (exact) mass is 392 g/mol. The van der Waals surface area contributed by atoms with Gasteiger partial charge in [0.25, 0.3) is 5.91 Å². The van der Waals surface area contributed by atoms with Crippen molar-refractivity contribution in [1.82, 2.24) is 0 Å². The number of halogens is 1. The van der Waals surface area contributed by atoms with E-state index in [2.05, 4.69) is 10.3 Å². The molecule has 0 aliphatic heterocycles. The van der Waals surface area contributed by atoms with Crippen molar-refractivity contribution in [2.24, 2.45) is 4.99 Å². The number of hydrogen-bond donors (Lipinski definition) is 1. The molecule has 3 rings (SSSR count). The zero-order chi connectivity index (χ0) is 20.5. The molecule has 3 aromatic rings. The van der Waals surface area contributed by atoms with Crippen LogP contribution in [0.3, 0.4) is 0 Å². The van der Waals surface area contributed by atoms with Gasteiger partial charge in [0.2, 0.25) is 0 Å². The van der Waals surface area contributed by atoms with E-state index in [4.69, 9.17) is 9.47 Å². The largest absolute Gasteiger partial charge is 0.494 e. The van der Waals surface area contributed by atoms with Gasteiger partial charge in [-0.15, -0.1) is 0 Å². The van der Waals surface area contributed by atoms with E-state index in [1.54, 1.807) is 18.3 Å². The first kappa shape index (κ1) is 20.1. The molecular formula is C23H21FN2O3. The molecule has 0 spiro atoms. The molecular weight excluding hydrogens is 371 g/mol. The standard InChI is InChI=1S/C23H21FN2O3/c1-2-28-21-13-9-19(10-14-21)25-15-17-3-11-22(12-4-17)29-16-23(27)26-20-7-5-18(24)6-8-20/h3-15H,2,16H2,1H3,(H,26,27). The van der Waals surface area contributed by atoms with E-state index in [-0.39, 0.29) is 18.3 Å². The van der Waals surface area contributed by atoms with Crippen molar-refractivity contribution in [3.8, 4) is 11.5 Å². The maximum absolute atomic E-state index is 12.9. The molecule has 0 atom stereocenters. The number of ether oxygens (including phenoxy) is 2. The van der Waals surface area contributed by atoms with Gasteiger partial charge in [-0.25, -0.2) is 4.39 Å². The van der Waals surface area contributed by atoms with Gasteiger partial charge in [-0.1, -0.05) is 0 Å². The van der Waals surface area contributed by atoms with Crippen molar-refractivity contribution >= 4 is 23.5 Å². The molecule has 0 radical (unpaired) electrons. The second-order valence-corrected chi connectivity index (χ2v) is 6.10. The number of nitrogens with one attached hydrogen (secondary N) is 1. The number of aliphatic imine (C=N–C) groups is 1. The number of carbonyl (C=O) groups excluding carboxylic acids is 1. The van der Waals surface area contributed by atoms with Crippen LogP contribution >= 0.6 is 0 Å². The minimum atomic E-state index is -0.356. The van der Waals surface area contributed by atoms with E-state index >= 15 is 0 Å². The van der Waals surface area contributed by atoms with Gasteiger partial charge >= 0.3 is 0 Å². The highest BCUT2D eigenvalue weighted by atomic mass is 19.1. The average molecular weight is 392 g/mol. The van der Waals surface area contributed by atoms with Crippen molar-refractivity contribution in [2.75, 3.05) is 18.5 Å². The Morgan fingerprint density at radius 1 is 0.931 bits per heavy atom. The van der Waals surface area contributed by atoms with Crippen LogP contribution < -0.4 is 14.8 Å². The number of amides is 1. The molecule has 148 valence electrons. The van der Waals surface area contributed by atoms with Crippen LogP contribution in [-0.2, 0) is 4.79 Å². The lowest BCUT2D eigenvalue weighted by Gasteiger charge is -2.07. The fraction of sp³-hybridized carbons (Fsp3) is 0.130. The summed E-state index contributed by atoms with van der Waals surface area (Å²) in [5.74, 6) is 0.706. The fourth-order valence-corrected chi connectivity index (χ4v) is 2.47. The number of hydrogen-bond acceptors (Lipinski definition) is 4. The van der Waals surface area contributed by atoms with Crippen molar-refractivity contribution < 1.29 is 18.7 Å². The van der Waals surface area contributed by atoms with E-state index in [0.29, 0.717) is 18.0 Å². The summed E-state index contributed by atoms with van der Waals surface area (Å²) in [6, 6.07) is 20.3. The molecule has 0 saturated carbocycles. The molecule has 0 fully saturated rings. The first-order chi connectivity index (χ1) is 14.1. The summed E-state index contributed by atoms with van der Waals surface area (Å²) in [6.45, 7) is 2.43. The fourth-order valence-electron chi connectivity index (χ4n) is 2.47. The van der Waals surface area contributed by atoms with Crippen molar-refractivity contribution in [1.29, 1.82) is 0 Å². The normalized spacial score (nSPS) is 10.7. The Morgan fingerprint density at radius 3 is 2.21 bits per heavy atom. The average Bonchev–Trinajstić information content (AvgIpc) is 2.74. The predicted molar refractivity (Wildman–Crippen MR) is 112 cm³/mol. The number of benzene rings is 3. The second kappa shape index (κ2) is 10.0. The van der Waals surface area contributed by atoms with E-state index in [9.17, 15) is 9.18 Å². The number of rotatable bonds is 8. The molecule has 0 saturated heterocycles. The minimum absolute atomic E-state index is 0.142. The van der Waals surface area contributed by atoms with Crippen molar-refractivity contribution in [3.63, 3.8) is 0 Å². The molecule has 0 aliphatic rings. The molecule has 6 heteroatoms. The molecule has 1 amide bonds. The van der Waals surface area contributed by atoms with E-state index < -0.39 is 0 Å². The predicted octanol–water partition coefficient (Wildman–Crippen LogP) is 4.99. The van der Waals surface area contributed by atoms with Crippen molar-refractivity contribution in [3.05, 3.63) is 84.2 Å². The summed E-state index contributed by atoms with van der Waals surface area (Å²) in [5, 5.41) is 2.64. The topological polar surface area (TPSA) is 59.9 Å². The molecule has 0 unspecified atom stereocenters. The highest BCUT2D eigenvalue weighted by Gasteiger charge is 2.04. The van der Waals surface area contributed by atoms with Crippen LogP contribution in [0.5, 0.6) is 11.5 Å². The third kappa shape index (κ3) is 6.46. The first-order valence-corrected chi connectivity index (χ1v) is 9.17. The first-order valence-electron chi connectivity index (χ1n) is 9.17. The third-order valence-corrected chi connectivity index (χ3v) is 3.89. The van der Waals surface area contributed by atoms with Crippen LogP contribution in [0.2, 0.25) is 0 Å². The Bertz CT molecular complexity index is 953. The van der Waals surface area contributed by atoms with Crippen LogP contribution in [0.15, 0.2) is 77.8 Å². The molecule has 5 nitrogen and oxygen atoms in total. The Labute approximate surface area is 168 Å². The summed E-state index contributed by atoms with van der Waals surface area (Å²) in [7, 11) is 0. The quantitative estimate of drug-likeness (QED) is 0.549. The van der Waals surface area contributed by atoms with Gasteiger partial charge in [0.05, 0.1) is 12.3 Å². The molecule has 3 aromatic carbocycles. The SMILES string of the molecule is CCOc1ccc(N=Cc2ccc(OCC(=O)Nc3ccc(F)cc3)cc2)cc1. The highest BCUT2D eigenvalue weighted by Crippen LogP contribution is 2.18. The lowest BCUT2D eigenvalue weighted by atomic mass is 10.2. The van der Waals surface area contributed by atoms with Gasteiger partial charge in [-0.05, 0) is 85.3 Å². The van der Waals surface area contributed by atoms with E-state index in [1.165, 1.54) is 24.3 Å². The highest BCUT2D eigenvalue weighted by molar-refractivity contribution is 5.91. The van der Waals surface area contributed by atoms with Crippen LogP contribution in [0, 0.1) is 5.82 Å². The molecule has 1 N–H and O–H groups in total. The second-order valence-electron chi connectivity index (χ2n) is 6.10. The number of nitrogens with zero attached hydrogens (tertiary/aromatic N) is 1. The summed E-state index contributed by atoms with van der Waals surface area (Å²) >= 11 is 0. The summed E-state index contributed by atoms with van der Waals surface area (Å²) in [5.41, 5.74) is 2.24.